The van der Waals surface area contributed by atoms with Gasteiger partial charge in [0.15, 0.2) is 0 Å². The fraction of sp³-hybridized carbons (Fsp3) is 1.00. The van der Waals surface area contributed by atoms with Crippen LogP contribution in [0.4, 0.5) is 0 Å². The number of aliphatic hydroxyl groups excluding tert-OH is 1. The third kappa shape index (κ3) is 4.17. The second-order valence-corrected chi connectivity index (χ2v) is 6.98. The summed E-state index contributed by atoms with van der Waals surface area (Å²) in [5.41, 5.74) is 0.205. The Labute approximate surface area is 119 Å². The van der Waals surface area contributed by atoms with Crippen LogP contribution in [0.15, 0.2) is 0 Å². The molecule has 0 bridgehead atoms. The van der Waals surface area contributed by atoms with E-state index in [1.165, 1.54) is 64.7 Å². The lowest BCUT2D eigenvalue weighted by molar-refractivity contribution is 0.0300. The molecule has 1 saturated carbocycles. The van der Waals surface area contributed by atoms with Gasteiger partial charge < -0.3 is 10.0 Å². The molecule has 112 valence electrons. The lowest BCUT2D eigenvalue weighted by Crippen LogP contribution is -2.52. The number of nitrogens with zero attached hydrogens (tertiary/aromatic N) is 2. The molecule has 0 atom stereocenters. The maximum Gasteiger partial charge on any atom is 0.0499 e. The molecular formula is C16H32N2O. The average Bonchev–Trinajstić information content (AvgIpc) is 2.65. The molecule has 1 aliphatic carbocycles. The highest BCUT2D eigenvalue weighted by molar-refractivity contribution is 4.86. The molecule has 1 heterocycles. The highest BCUT2D eigenvalue weighted by Crippen LogP contribution is 2.35. The molecule has 1 aliphatic heterocycles. The molecule has 0 spiro atoms. The zero-order valence-electron chi connectivity index (χ0n) is 12.9. The Morgan fingerprint density at radius 2 is 1.53 bits per heavy atom. The molecule has 1 N–H and O–H groups in total. The molecule has 3 heteroatoms. The number of rotatable bonds is 4. The predicted octanol–water partition coefficient (Wildman–Crippen LogP) is 2.35. The van der Waals surface area contributed by atoms with Crippen molar-refractivity contribution in [2.45, 2.75) is 58.4 Å². The second kappa shape index (κ2) is 7.05. The molecule has 0 unspecified atom stereocenters. The van der Waals surface area contributed by atoms with Gasteiger partial charge >= 0.3 is 0 Å². The number of hydrogen-bond acceptors (Lipinski definition) is 3. The molecular weight excluding hydrogens is 236 g/mol. The number of aliphatic hydroxyl groups is 1. The molecule has 0 aromatic heterocycles. The lowest BCUT2D eigenvalue weighted by Gasteiger charge is -2.42. The fourth-order valence-electron chi connectivity index (χ4n) is 3.76. The van der Waals surface area contributed by atoms with Gasteiger partial charge in [-0.25, -0.2) is 0 Å². The summed E-state index contributed by atoms with van der Waals surface area (Å²) in [5, 5.41) is 9.90. The Morgan fingerprint density at radius 1 is 0.947 bits per heavy atom. The van der Waals surface area contributed by atoms with Gasteiger partial charge in [0.25, 0.3) is 0 Å². The number of hydrogen-bond donors (Lipinski definition) is 1. The van der Waals surface area contributed by atoms with Crippen molar-refractivity contribution in [2.24, 2.45) is 5.41 Å². The molecule has 2 rings (SSSR count). The fourth-order valence-corrected chi connectivity index (χ4v) is 3.76. The molecule has 19 heavy (non-hydrogen) atoms. The molecule has 0 aromatic rings. The standard InChI is InChI=1S/C16H32N2O/c1-15(2)18-11-9-17(10-12-18)13-16(14-19)7-5-3-4-6-8-16/h15,19H,3-14H2,1-2H3. The van der Waals surface area contributed by atoms with E-state index >= 15 is 0 Å². The van der Waals surface area contributed by atoms with E-state index in [1.54, 1.807) is 0 Å². The minimum absolute atomic E-state index is 0.205. The van der Waals surface area contributed by atoms with E-state index < -0.39 is 0 Å². The van der Waals surface area contributed by atoms with E-state index in [1.807, 2.05) is 0 Å². The maximum atomic E-state index is 9.90. The quantitative estimate of drug-likeness (QED) is 0.793. The van der Waals surface area contributed by atoms with Crippen molar-refractivity contribution < 1.29 is 5.11 Å². The molecule has 2 aliphatic rings. The summed E-state index contributed by atoms with van der Waals surface area (Å²) in [7, 11) is 0. The Kier molecular flexibility index (Phi) is 5.67. The first-order valence-electron chi connectivity index (χ1n) is 8.22. The van der Waals surface area contributed by atoms with Crippen LogP contribution in [-0.2, 0) is 0 Å². The van der Waals surface area contributed by atoms with Gasteiger partial charge in [-0.15, -0.1) is 0 Å². The molecule has 2 fully saturated rings. The first kappa shape index (κ1) is 15.3. The Balaban J connectivity index is 1.85. The zero-order valence-corrected chi connectivity index (χ0v) is 12.9. The van der Waals surface area contributed by atoms with Crippen LogP contribution in [-0.4, -0.2) is 60.3 Å². The van der Waals surface area contributed by atoms with Gasteiger partial charge in [0, 0.05) is 50.8 Å². The highest BCUT2D eigenvalue weighted by Gasteiger charge is 2.33. The minimum Gasteiger partial charge on any atom is -0.396 e. The molecule has 0 amide bonds. The van der Waals surface area contributed by atoms with Gasteiger partial charge in [-0.2, -0.15) is 0 Å². The van der Waals surface area contributed by atoms with Crippen molar-refractivity contribution in [2.75, 3.05) is 39.3 Å². The number of piperazine rings is 1. The lowest BCUT2D eigenvalue weighted by atomic mass is 9.80. The van der Waals surface area contributed by atoms with Gasteiger partial charge in [0.2, 0.25) is 0 Å². The van der Waals surface area contributed by atoms with Crippen LogP contribution >= 0.6 is 0 Å². The van der Waals surface area contributed by atoms with Crippen LogP contribution in [0.25, 0.3) is 0 Å². The normalized spacial score (nSPS) is 26.5. The van der Waals surface area contributed by atoms with E-state index in [-0.39, 0.29) is 5.41 Å². The van der Waals surface area contributed by atoms with Crippen LogP contribution in [0.2, 0.25) is 0 Å². The molecule has 0 radical (unpaired) electrons. The Bertz CT molecular complexity index is 251. The molecule has 3 nitrogen and oxygen atoms in total. The first-order valence-corrected chi connectivity index (χ1v) is 8.22. The summed E-state index contributed by atoms with van der Waals surface area (Å²) in [6, 6.07) is 0.673. The first-order chi connectivity index (χ1) is 9.15. The van der Waals surface area contributed by atoms with Gasteiger partial charge in [-0.3, -0.25) is 4.90 Å². The van der Waals surface area contributed by atoms with Crippen LogP contribution in [0.3, 0.4) is 0 Å². The van der Waals surface area contributed by atoms with Crippen molar-refractivity contribution in [3.63, 3.8) is 0 Å². The molecule has 0 aromatic carbocycles. The van der Waals surface area contributed by atoms with Gasteiger partial charge in [0.05, 0.1) is 0 Å². The highest BCUT2D eigenvalue weighted by atomic mass is 16.3. The van der Waals surface area contributed by atoms with Gasteiger partial charge in [-0.05, 0) is 26.7 Å². The summed E-state index contributed by atoms with van der Waals surface area (Å²) in [4.78, 5) is 5.16. The van der Waals surface area contributed by atoms with Crippen LogP contribution in [0.5, 0.6) is 0 Å². The predicted molar refractivity (Wildman–Crippen MR) is 80.4 cm³/mol. The van der Waals surface area contributed by atoms with E-state index in [0.29, 0.717) is 12.6 Å². The topological polar surface area (TPSA) is 26.7 Å². The third-order valence-electron chi connectivity index (χ3n) is 5.20. The summed E-state index contributed by atoms with van der Waals surface area (Å²) in [6.07, 6.45) is 7.81. The maximum absolute atomic E-state index is 9.90. The van der Waals surface area contributed by atoms with Crippen LogP contribution in [0, 0.1) is 5.41 Å². The monoisotopic (exact) mass is 268 g/mol. The van der Waals surface area contributed by atoms with Crippen LogP contribution in [0.1, 0.15) is 52.4 Å². The van der Waals surface area contributed by atoms with Crippen molar-refractivity contribution >= 4 is 0 Å². The minimum atomic E-state index is 0.205. The van der Waals surface area contributed by atoms with Crippen LogP contribution < -0.4 is 0 Å². The third-order valence-corrected chi connectivity index (χ3v) is 5.20. The summed E-state index contributed by atoms with van der Waals surface area (Å²) < 4.78 is 0. The van der Waals surface area contributed by atoms with Crippen molar-refractivity contribution in [1.29, 1.82) is 0 Å². The second-order valence-electron chi connectivity index (χ2n) is 6.98. The summed E-state index contributed by atoms with van der Waals surface area (Å²) in [6.45, 7) is 10.8. The zero-order chi connectivity index (χ0) is 13.7. The van der Waals surface area contributed by atoms with Gasteiger partial charge in [0.1, 0.15) is 0 Å². The summed E-state index contributed by atoms with van der Waals surface area (Å²) >= 11 is 0. The molecule has 1 saturated heterocycles. The smallest absolute Gasteiger partial charge is 0.0499 e. The Hall–Kier alpha value is -0.120. The van der Waals surface area contributed by atoms with Crippen molar-refractivity contribution in [3.8, 4) is 0 Å². The Morgan fingerprint density at radius 3 is 2.00 bits per heavy atom. The van der Waals surface area contributed by atoms with E-state index in [2.05, 4.69) is 23.6 Å². The van der Waals surface area contributed by atoms with E-state index in [4.69, 9.17) is 0 Å². The van der Waals surface area contributed by atoms with Crippen molar-refractivity contribution in [1.82, 2.24) is 9.80 Å². The van der Waals surface area contributed by atoms with Crippen molar-refractivity contribution in [3.05, 3.63) is 0 Å². The van der Waals surface area contributed by atoms with Gasteiger partial charge in [-0.1, -0.05) is 25.7 Å². The SMILES string of the molecule is CC(C)N1CCN(CC2(CO)CCCCCC2)CC1. The van der Waals surface area contributed by atoms with E-state index in [9.17, 15) is 5.11 Å². The van der Waals surface area contributed by atoms with E-state index in [0.717, 1.165) is 6.54 Å². The summed E-state index contributed by atoms with van der Waals surface area (Å²) in [5.74, 6) is 0. The average molecular weight is 268 g/mol. The largest absolute Gasteiger partial charge is 0.396 e.